The lowest BCUT2D eigenvalue weighted by Gasteiger charge is -2.03. The Morgan fingerprint density at radius 2 is 2.00 bits per heavy atom. The third-order valence-corrected chi connectivity index (χ3v) is 0.730. The van der Waals surface area contributed by atoms with Crippen LogP contribution in [0.15, 0.2) is 16.8 Å². The topological polar surface area (TPSA) is 38.4 Å². The second kappa shape index (κ2) is 3.24. The van der Waals surface area contributed by atoms with E-state index in [2.05, 4.69) is 10.7 Å². The maximum atomic E-state index is 11.5. The Morgan fingerprint density at radius 3 is 2.30 bits per heavy atom. The van der Waals surface area contributed by atoms with Crippen molar-refractivity contribution in [2.75, 3.05) is 7.05 Å². The highest BCUT2D eigenvalue weighted by molar-refractivity contribution is 5.71. The first kappa shape index (κ1) is 9.00. The van der Waals surface area contributed by atoms with Crippen LogP contribution in [0.5, 0.6) is 0 Å². The summed E-state index contributed by atoms with van der Waals surface area (Å²) in [6.07, 6.45) is -2.75. The molecule has 0 saturated heterocycles. The van der Waals surface area contributed by atoms with E-state index in [4.69, 9.17) is 0 Å². The Hall–Kier alpha value is -1.00. The summed E-state index contributed by atoms with van der Waals surface area (Å²) in [4.78, 5) is 3.31. The highest BCUT2D eigenvalue weighted by Crippen LogP contribution is 2.20. The summed E-state index contributed by atoms with van der Waals surface area (Å²) >= 11 is 0. The van der Waals surface area contributed by atoms with Crippen LogP contribution in [0.1, 0.15) is 0 Å². The van der Waals surface area contributed by atoms with Crippen molar-refractivity contribution < 1.29 is 13.2 Å². The zero-order valence-corrected chi connectivity index (χ0v) is 5.31. The van der Waals surface area contributed by atoms with Crippen molar-refractivity contribution in [3.05, 3.63) is 11.8 Å². The number of hydrogen-bond acceptors (Lipinski definition) is 2. The number of alkyl halides is 3. The highest BCUT2D eigenvalue weighted by Gasteiger charge is 2.30. The van der Waals surface area contributed by atoms with E-state index in [-0.39, 0.29) is 0 Å². The fraction of sp³-hybridized carbons (Fsp3) is 0.400. The molecule has 0 atom stereocenters. The number of nitrogens with two attached hydrogens (primary N) is 1. The molecule has 10 heavy (non-hydrogen) atoms. The molecule has 0 radical (unpaired) electrons. The van der Waals surface area contributed by atoms with Gasteiger partial charge in [-0.2, -0.15) is 13.2 Å². The van der Waals surface area contributed by atoms with Gasteiger partial charge >= 0.3 is 6.18 Å². The molecule has 0 fully saturated rings. The second-order valence-corrected chi connectivity index (χ2v) is 1.53. The van der Waals surface area contributed by atoms with Gasteiger partial charge in [-0.05, 0) is 6.08 Å². The van der Waals surface area contributed by atoms with Crippen LogP contribution >= 0.6 is 0 Å². The number of nitrogens with zero attached hydrogens (tertiary/aromatic N) is 1. The normalized spacial score (nSPS) is 14.6. The van der Waals surface area contributed by atoms with Crippen molar-refractivity contribution in [3.8, 4) is 0 Å². The van der Waals surface area contributed by atoms with E-state index in [1.165, 1.54) is 7.05 Å². The molecule has 2 nitrogen and oxygen atoms in total. The number of aliphatic imine (C=N–C) groups is 1. The SMILES string of the molecule is CN=CC=C(N)C(F)(F)F. The number of halogens is 3. The third-order valence-electron chi connectivity index (χ3n) is 0.730. The van der Waals surface area contributed by atoms with Crippen LogP contribution in [0.4, 0.5) is 13.2 Å². The first-order valence-corrected chi connectivity index (χ1v) is 2.43. The molecule has 0 aromatic rings. The Morgan fingerprint density at radius 1 is 1.50 bits per heavy atom. The fourth-order valence-electron chi connectivity index (χ4n) is 0.249. The van der Waals surface area contributed by atoms with Gasteiger partial charge in [0.2, 0.25) is 0 Å². The van der Waals surface area contributed by atoms with E-state index in [0.29, 0.717) is 6.08 Å². The number of hydrogen-bond donors (Lipinski definition) is 1. The highest BCUT2D eigenvalue weighted by atomic mass is 19.4. The minimum Gasteiger partial charge on any atom is -0.395 e. The molecule has 0 amide bonds. The number of rotatable bonds is 1. The lowest BCUT2D eigenvalue weighted by atomic mass is 10.4. The molecule has 0 heterocycles. The van der Waals surface area contributed by atoms with E-state index < -0.39 is 11.9 Å². The summed E-state index contributed by atoms with van der Waals surface area (Å²) in [5.74, 6) is 0. The lowest BCUT2D eigenvalue weighted by Crippen LogP contribution is -2.19. The molecule has 0 aromatic carbocycles. The van der Waals surface area contributed by atoms with Crippen LogP contribution in [0.2, 0.25) is 0 Å². The Labute approximate surface area is 56.2 Å². The van der Waals surface area contributed by atoms with Gasteiger partial charge in [-0.15, -0.1) is 0 Å². The van der Waals surface area contributed by atoms with Gasteiger partial charge in [-0.3, -0.25) is 4.99 Å². The Bertz CT molecular complexity index is 157. The maximum absolute atomic E-state index is 11.5. The zero-order valence-electron chi connectivity index (χ0n) is 5.31. The lowest BCUT2D eigenvalue weighted by molar-refractivity contribution is -0.0925. The third kappa shape index (κ3) is 3.11. The molecule has 2 N–H and O–H groups in total. The van der Waals surface area contributed by atoms with Crippen molar-refractivity contribution in [1.29, 1.82) is 0 Å². The smallest absolute Gasteiger partial charge is 0.395 e. The molecule has 0 aliphatic heterocycles. The van der Waals surface area contributed by atoms with Crippen molar-refractivity contribution in [3.63, 3.8) is 0 Å². The number of allylic oxidation sites excluding steroid dienone is 2. The van der Waals surface area contributed by atoms with Crippen molar-refractivity contribution in [2.24, 2.45) is 10.7 Å². The van der Waals surface area contributed by atoms with Crippen LogP contribution in [-0.2, 0) is 0 Å². The second-order valence-electron chi connectivity index (χ2n) is 1.53. The van der Waals surface area contributed by atoms with E-state index in [1.54, 1.807) is 0 Å². The molecule has 0 unspecified atom stereocenters. The monoisotopic (exact) mass is 152 g/mol. The summed E-state index contributed by atoms with van der Waals surface area (Å²) in [5, 5.41) is 0. The van der Waals surface area contributed by atoms with Crippen LogP contribution in [0, 0.1) is 0 Å². The molecule has 0 aliphatic carbocycles. The predicted molar refractivity (Wildman–Crippen MR) is 32.7 cm³/mol. The van der Waals surface area contributed by atoms with E-state index in [1.807, 2.05) is 0 Å². The van der Waals surface area contributed by atoms with Crippen LogP contribution < -0.4 is 5.73 Å². The molecule has 0 bridgehead atoms. The first-order valence-electron chi connectivity index (χ1n) is 2.43. The van der Waals surface area contributed by atoms with Crippen molar-refractivity contribution >= 4 is 6.21 Å². The van der Waals surface area contributed by atoms with E-state index in [0.717, 1.165) is 6.21 Å². The molecule has 0 aliphatic rings. The molecule has 0 spiro atoms. The van der Waals surface area contributed by atoms with Crippen LogP contribution in [0.3, 0.4) is 0 Å². The minimum atomic E-state index is -4.44. The Kier molecular flexibility index (Phi) is 2.92. The minimum absolute atomic E-state index is 0.708. The van der Waals surface area contributed by atoms with Gasteiger partial charge in [0.1, 0.15) is 5.70 Å². The quantitative estimate of drug-likeness (QED) is 0.561. The average Bonchev–Trinajstić information content (AvgIpc) is 1.80. The predicted octanol–water partition coefficient (Wildman–Crippen LogP) is 1.09. The van der Waals surface area contributed by atoms with Gasteiger partial charge in [0.05, 0.1) is 0 Å². The Balaban J connectivity index is 4.20. The van der Waals surface area contributed by atoms with Gasteiger partial charge in [0.25, 0.3) is 0 Å². The summed E-state index contributed by atoms with van der Waals surface area (Å²) in [6.45, 7) is 0. The summed E-state index contributed by atoms with van der Waals surface area (Å²) in [7, 11) is 1.36. The first-order chi connectivity index (χ1) is 4.48. The molecular weight excluding hydrogens is 145 g/mol. The largest absolute Gasteiger partial charge is 0.430 e. The van der Waals surface area contributed by atoms with Gasteiger partial charge in [-0.1, -0.05) is 0 Å². The molecule has 58 valence electrons. The summed E-state index contributed by atoms with van der Waals surface area (Å²) in [5.41, 5.74) is 3.44. The average molecular weight is 152 g/mol. The van der Waals surface area contributed by atoms with Crippen molar-refractivity contribution in [2.45, 2.75) is 6.18 Å². The van der Waals surface area contributed by atoms with Crippen LogP contribution in [-0.4, -0.2) is 19.4 Å². The fourth-order valence-corrected chi connectivity index (χ4v) is 0.249. The summed E-state index contributed by atoms with van der Waals surface area (Å²) < 4.78 is 34.6. The van der Waals surface area contributed by atoms with Gasteiger partial charge in [0.15, 0.2) is 0 Å². The van der Waals surface area contributed by atoms with Gasteiger partial charge in [0, 0.05) is 13.3 Å². The molecule has 0 rings (SSSR count). The molecule has 0 saturated carbocycles. The zero-order chi connectivity index (χ0) is 8.20. The van der Waals surface area contributed by atoms with Gasteiger partial charge in [-0.25, -0.2) is 0 Å². The van der Waals surface area contributed by atoms with Crippen LogP contribution in [0.25, 0.3) is 0 Å². The maximum Gasteiger partial charge on any atom is 0.430 e. The van der Waals surface area contributed by atoms with Gasteiger partial charge < -0.3 is 5.73 Å². The van der Waals surface area contributed by atoms with E-state index >= 15 is 0 Å². The standard InChI is InChI=1S/C5H7F3N2/c1-10-3-2-4(9)5(6,7)8/h2-3H,9H2,1H3. The molecular formula is C5H7F3N2. The molecule has 5 heteroatoms. The van der Waals surface area contributed by atoms with Crippen molar-refractivity contribution in [1.82, 2.24) is 0 Å². The molecule has 0 aromatic heterocycles. The van der Waals surface area contributed by atoms with E-state index in [9.17, 15) is 13.2 Å². The summed E-state index contributed by atoms with van der Waals surface area (Å²) in [6, 6.07) is 0.